The Balaban J connectivity index is 1.95. The van der Waals surface area contributed by atoms with E-state index in [0.29, 0.717) is 12.5 Å². The number of nitrogens with one attached hydrogen (secondary N) is 1. The lowest BCUT2D eigenvalue weighted by molar-refractivity contribution is -0.145. The minimum atomic E-state index is -0.842. The lowest BCUT2D eigenvalue weighted by atomic mass is 9.90. The number of carboxylic acid groups (broad SMARTS) is 1. The Morgan fingerprint density at radius 3 is 2.72 bits per heavy atom. The Hall–Kier alpha value is -1.35. The van der Waals surface area contributed by atoms with Gasteiger partial charge in [0.15, 0.2) is 0 Å². The molecule has 2 aliphatic rings. The predicted octanol–water partition coefficient (Wildman–Crippen LogP) is 2.44. The van der Waals surface area contributed by atoms with Gasteiger partial charge < -0.3 is 5.11 Å². The normalized spacial score (nSPS) is 27.3. The average molecular weight is 245 g/mol. The third kappa shape index (κ3) is 1.74. The van der Waals surface area contributed by atoms with Gasteiger partial charge in [-0.1, -0.05) is 37.1 Å². The fraction of sp³-hybridized carbons (Fsp3) is 0.533. The van der Waals surface area contributed by atoms with Gasteiger partial charge in [0.25, 0.3) is 0 Å². The highest BCUT2D eigenvalue weighted by Gasteiger charge is 2.46. The van der Waals surface area contributed by atoms with Gasteiger partial charge in [-0.25, -0.2) is 4.79 Å². The molecule has 0 spiro atoms. The van der Waals surface area contributed by atoms with Crippen LogP contribution in [0, 0.1) is 0 Å². The van der Waals surface area contributed by atoms with Crippen LogP contribution in [0.2, 0.25) is 0 Å². The molecule has 0 bridgehead atoms. The van der Waals surface area contributed by atoms with Crippen LogP contribution in [0.15, 0.2) is 24.3 Å². The van der Waals surface area contributed by atoms with Gasteiger partial charge in [0.05, 0.1) is 0 Å². The maximum absolute atomic E-state index is 11.8. The highest BCUT2D eigenvalue weighted by Crippen LogP contribution is 2.38. The molecule has 1 atom stereocenters. The van der Waals surface area contributed by atoms with Crippen LogP contribution >= 0.6 is 0 Å². The van der Waals surface area contributed by atoms with Gasteiger partial charge in [-0.3, -0.25) is 5.32 Å². The van der Waals surface area contributed by atoms with Crippen LogP contribution in [0.4, 0.5) is 0 Å². The molecule has 2 N–H and O–H groups in total. The van der Waals surface area contributed by atoms with Crippen molar-refractivity contribution in [1.29, 1.82) is 0 Å². The largest absolute Gasteiger partial charge is 0.480 e. The molecule has 3 heteroatoms. The highest BCUT2D eigenvalue weighted by atomic mass is 16.4. The second-order valence-corrected chi connectivity index (χ2v) is 5.49. The van der Waals surface area contributed by atoms with E-state index >= 15 is 0 Å². The van der Waals surface area contributed by atoms with Crippen molar-refractivity contribution in [2.24, 2.45) is 0 Å². The van der Waals surface area contributed by atoms with Crippen LogP contribution in [0.3, 0.4) is 0 Å². The van der Waals surface area contributed by atoms with Crippen molar-refractivity contribution in [1.82, 2.24) is 5.32 Å². The number of hydrogen-bond acceptors (Lipinski definition) is 2. The summed E-state index contributed by atoms with van der Waals surface area (Å²) in [5.74, 6) is -0.723. The summed E-state index contributed by atoms with van der Waals surface area (Å²) in [5.41, 5.74) is 1.32. The Labute approximate surface area is 107 Å². The van der Waals surface area contributed by atoms with Crippen molar-refractivity contribution >= 4 is 5.97 Å². The molecule has 96 valence electrons. The van der Waals surface area contributed by atoms with E-state index in [-0.39, 0.29) is 0 Å². The molecule has 3 nitrogen and oxygen atoms in total. The van der Waals surface area contributed by atoms with E-state index in [1.54, 1.807) is 0 Å². The monoisotopic (exact) mass is 245 g/mol. The van der Waals surface area contributed by atoms with Crippen molar-refractivity contribution < 1.29 is 9.90 Å². The number of carboxylic acids is 1. The average Bonchev–Trinajstić information content (AvgIpc) is 2.99. The van der Waals surface area contributed by atoms with E-state index in [0.717, 1.165) is 24.8 Å². The summed E-state index contributed by atoms with van der Waals surface area (Å²) >= 11 is 0. The number of hydrogen-bond donors (Lipinski definition) is 2. The van der Waals surface area contributed by atoms with E-state index in [9.17, 15) is 9.90 Å². The lowest BCUT2D eigenvalue weighted by Crippen LogP contribution is -2.51. The molecule has 0 aromatic heterocycles. The Bertz CT molecular complexity index is 465. The minimum absolute atomic E-state index is 0.368. The summed E-state index contributed by atoms with van der Waals surface area (Å²) in [5, 5.41) is 13.2. The minimum Gasteiger partial charge on any atom is -0.480 e. The van der Waals surface area contributed by atoms with Crippen LogP contribution in [0.5, 0.6) is 0 Å². The van der Waals surface area contributed by atoms with Crippen molar-refractivity contribution in [2.45, 2.75) is 50.1 Å². The third-order valence-electron chi connectivity index (χ3n) is 4.42. The molecule has 1 fully saturated rings. The quantitative estimate of drug-likeness (QED) is 0.860. The predicted molar refractivity (Wildman–Crippen MR) is 69.5 cm³/mol. The molecule has 3 rings (SSSR count). The van der Waals surface area contributed by atoms with E-state index in [1.165, 1.54) is 18.4 Å². The van der Waals surface area contributed by atoms with Crippen molar-refractivity contribution in [3.8, 4) is 0 Å². The smallest absolute Gasteiger partial charge is 0.328 e. The molecule has 0 saturated heterocycles. The van der Waals surface area contributed by atoms with E-state index in [4.69, 9.17) is 0 Å². The molecule has 2 aliphatic carbocycles. The molecule has 0 amide bonds. The number of aryl methyl sites for hydroxylation is 1. The first-order chi connectivity index (χ1) is 8.72. The SMILES string of the molecule is O=C(O)C1(NC2CCCC2)CCc2ccccc21. The van der Waals surface area contributed by atoms with Gasteiger partial charge in [-0.15, -0.1) is 0 Å². The number of rotatable bonds is 3. The summed E-state index contributed by atoms with van der Waals surface area (Å²) in [6.45, 7) is 0. The molecule has 18 heavy (non-hydrogen) atoms. The number of fused-ring (bicyclic) bond motifs is 1. The second-order valence-electron chi connectivity index (χ2n) is 5.49. The van der Waals surface area contributed by atoms with Gasteiger partial charge in [0, 0.05) is 6.04 Å². The zero-order chi connectivity index (χ0) is 12.6. The van der Waals surface area contributed by atoms with E-state index in [2.05, 4.69) is 11.4 Å². The van der Waals surface area contributed by atoms with Gasteiger partial charge >= 0.3 is 5.97 Å². The van der Waals surface area contributed by atoms with Crippen LogP contribution in [-0.4, -0.2) is 17.1 Å². The molecule has 1 aromatic carbocycles. The van der Waals surface area contributed by atoms with Gasteiger partial charge in [-0.2, -0.15) is 0 Å². The first-order valence-electron chi connectivity index (χ1n) is 6.82. The zero-order valence-electron chi connectivity index (χ0n) is 10.5. The van der Waals surface area contributed by atoms with Crippen LogP contribution < -0.4 is 5.32 Å². The Kier molecular flexibility index (Phi) is 2.86. The first-order valence-corrected chi connectivity index (χ1v) is 6.82. The van der Waals surface area contributed by atoms with Crippen molar-refractivity contribution in [3.05, 3.63) is 35.4 Å². The molecule has 1 aromatic rings. The summed E-state index contributed by atoms with van der Waals surface area (Å²) in [6.07, 6.45) is 6.19. The van der Waals surface area contributed by atoms with Gasteiger partial charge in [-0.05, 0) is 36.8 Å². The van der Waals surface area contributed by atoms with Crippen molar-refractivity contribution in [3.63, 3.8) is 0 Å². The zero-order valence-corrected chi connectivity index (χ0v) is 10.5. The fourth-order valence-electron chi connectivity index (χ4n) is 3.46. The molecular weight excluding hydrogens is 226 g/mol. The maximum Gasteiger partial charge on any atom is 0.328 e. The molecule has 0 heterocycles. The molecule has 1 unspecified atom stereocenters. The summed E-state index contributed by atoms with van der Waals surface area (Å²) in [6, 6.07) is 8.33. The first kappa shape index (κ1) is 11.7. The maximum atomic E-state index is 11.8. The van der Waals surface area contributed by atoms with E-state index < -0.39 is 11.5 Å². The van der Waals surface area contributed by atoms with E-state index in [1.807, 2.05) is 18.2 Å². The Morgan fingerprint density at radius 2 is 2.00 bits per heavy atom. The standard InChI is InChI=1S/C15H19NO2/c17-14(18)15(16-12-6-2-3-7-12)10-9-11-5-1-4-8-13(11)15/h1,4-5,8,12,16H,2-3,6-7,9-10H2,(H,17,18). The highest BCUT2D eigenvalue weighted by molar-refractivity contribution is 5.82. The number of aliphatic carboxylic acids is 1. The third-order valence-corrected chi connectivity index (χ3v) is 4.42. The summed E-state index contributed by atoms with van der Waals surface area (Å²) in [7, 11) is 0. The second kappa shape index (κ2) is 4.39. The summed E-state index contributed by atoms with van der Waals surface area (Å²) < 4.78 is 0. The molecule has 1 saturated carbocycles. The lowest BCUT2D eigenvalue weighted by Gasteiger charge is -2.30. The molecular formula is C15H19NO2. The Morgan fingerprint density at radius 1 is 1.28 bits per heavy atom. The van der Waals surface area contributed by atoms with Crippen molar-refractivity contribution in [2.75, 3.05) is 0 Å². The summed E-state index contributed by atoms with van der Waals surface area (Å²) in [4.78, 5) is 11.8. The van der Waals surface area contributed by atoms with Gasteiger partial charge in [0.1, 0.15) is 5.54 Å². The molecule has 0 radical (unpaired) electrons. The fourth-order valence-corrected chi connectivity index (χ4v) is 3.46. The molecule has 0 aliphatic heterocycles. The van der Waals surface area contributed by atoms with Gasteiger partial charge in [0.2, 0.25) is 0 Å². The van der Waals surface area contributed by atoms with Crippen LogP contribution in [-0.2, 0) is 16.8 Å². The van der Waals surface area contributed by atoms with Crippen LogP contribution in [0.1, 0.15) is 43.2 Å². The topological polar surface area (TPSA) is 49.3 Å². The number of carbonyl (C=O) groups is 1. The van der Waals surface area contributed by atoms with Crippen LogP contribution in [0.25, 0.3) is 0 Å². The number of benzene rings is 1.